The van der Waals surface area contributed by atoms with Crippen molar-refractivity contribution in [3.05, 3.63) is 113 Å². The number of para-hydroxylation sites is 1. The highest BCUT2D eigenvalue weighted by Gasteiger charge is 2.12. The van der Waals surface area contributed by atoms with Crippen LogP contribution in [0.25, 0.3) is 23.0 Å². The van der Waals surface area contributed by atoms with Crippen molar-refractivity contribution < 1.29 is 18.7 Å². The van der Waals surface area contributed by atoms with E-state index < -0.39 is 5.97 Å². The molecule has 0 aliphatic rings. The van der Waals surface area contributed by atoms with Crippen LogP contribution in [0.2, 0.25) is 0 Å². The van der Waals surface area contributed by atoms with E-state index in [0.717, 1.165) is 10.2 Å². The predicted molar refractivity (Wildman–Crippen MR) is 127 cm³/mol. The normalized spacial score (nSPS) is 11.0. The summed E-state index contributed by atoms with van der Waals surface area (Å²) >= 11 is 3.31. The number of carbonyl (C=O) groups excluding carboxylic acids is 2. The standard InChI is InChI=1S/C26H18BrFN2O3/c27-21-11-6-18(7-12-21)24(31)17-33-25(32)15-10-20-16-30(23-4-2-1-3-5-23)29-26(20)19-8-13-22(28)14-9-19/h1-16H,17H2/b15-10+. The van der Waals surface area contributed by atoms with E-state index in [4.69, 9.17) is 4.74 Å². The number of halogens is 2. The van der Waals surface area contributed by atoms with Gasteiger partial charge in [-0.05, 0) is 54.6 Å². The van der Waals surface area contributed by atoms with E-state index >= 15 is 0 Å². The van der Waals surface area contributed by atoms with Gasteiger partial charge in [-0.2, -0.15) is 5.10 Å². The number of rotatable bonds is 7. The largest absolute Gasteiger partial charge is 0.454 e. The Bertz CT molecular complexity index is 1300. The van der Waals surface area contributed by atoms with Crippen molar-refractivity contribution in [2.24, 2.45) is 0 Å². The highest BCUT2D eigenvalue weighted by Crippen LogP contribution is 2.25. The first-order chi connectivity index (χ1) is 16.0. The molecule has 1 heterocycles. The Morgan fingerprint density at radius 3 is 2.36 bits per heavy atom. The Kier molecular flexibility index (Phi) is 6.90. The monoisotopic (exact) mass is 504 g/mol. The minimum atomic E-state index is -0.655. The van der Waals surface area contributed by atoms with Gasteiger partial charge in [-0.15, -0.1) is 0 Å². The van der Waals surface area contributed by atoms with Crippen LogP contribution in [0.3, 0.4) is 0 Å². The van der Waals surface area contributed by atoms with Gasteiger partial charge in [0.1, 0.15) is 5.82 Å². The van der Waals surface area contributed by atoms with Gasteiger partial charge < -0.3 is 4.74 Å². The second-order valence-electron chi connectivity index (χ2n) is 7.09. The third-order valence-corrected chi connectivity index (χ3v) is 5.32. The minimum absolute atomic E-state index is 0.298. The molecule has 0 amide bonds. The average Bonchev–Trinajstić information content (AvgIpc) is 3.27. The topological polar surface area (TPSA) is 61.2 Å². The highest BCUT2D eigenvalue weighted by molar-refractivity contribution is 9.10. The number of carbonyl (C=O) groups is 2. The zero-order valence-electron chi connectivity index (χ0n) is 17.3. The Labute approximate surface area is 198 Å². The summed E-state index contributed by atoms with van der Waals surface area (Å²) < 4.78 is 21.0. The summed E-state index contributed by atoms with van der Waals surface area (Å²) in [5.74, 6) is -1.30. The quantitative estimate of drug-likeness (QED) is 0.179. The van der Waals surface area contributed by atoms with E-state index in [1.807, 2.05) is 30.3 Å². The molecule has 1 aromatic heterocycles. The number of ether oxygens (including phenoxy) is 1. The minimum Gasteiger partial charge on any atom is -0.454 e. The molecule has 4 aromatic rings. The van der Waals surface area contributed by atoms with E-state index in [9.17, 15) is 14.0 Å². The van der Waals surface area contributed by atoms with Crippen LogP contribution in [-0.2, 0) is 9.53 Å². The molecule has 0 aliphatic heterocycles. The number of esters is 1. The lowest BCUT2D eigenvalue weighted by molar-refractivity contribution is -0.136. The maximum atomic E-state index is 13.4. The second kappa shape index (κ2) is 10.2. The van der Waals surface area contributed by atoms with Crippen LogP contribution in [0, 0.1) is 5.82 Å². The molecule has 0 N–H and O–H groups in total. The second-order valence-corrected chi connectivity index (χ2v) is 8.01. The lowest BCUT2D eigenvalue weighted by Crippen LogP contribution is -2.12. The summed E-state index contributed by atoms with van der Waals surface area (Å²) in [7, 11) is 0. The van der Waals surface area contributed by atoms with Crippen LogP contribution < -0.4 is 0 Å². The first kappa shape index (κ1) is 22.4. The molecule has 0 saturated carbocycles. The van der Waals surface area contributed by atoms with E-state index in [-0.39, 0.29) is 18.2 Å². The Balaban J connectivity index is 1.52. The molecule has 0 radical (unpaired) electrons. The lowest BCUT2D eigenvalue weighted by atomic mass is 10.1. The maximum Gasteiger partial charge on any atom is 0.331 e. The number of nitrogens with zero attached hydrogens (tertiary/aromatic N) is 2. The van der Waals surface area contributed by atoms with Gasteiger partial charge >= 0.3 is 5.97 Å². The summed E-state index contributed by atoms with van der Waals surface area (Å²) in [6, 6.07) is 22.2. The van der Waals surface area contributed by atoms with Gasteiger partial charge in [0, 0.05) is 33.4 Å². The molecule has 3 aromatic carbocycles. The molecule has 33 heavy (non-hydrogen) atoms. The molecular formula is C26H18BrFN2O3. The number of hydrogen-bond donors (Lipinski definition) is 0. The van der Waals surface area contributed by atoms with Gasteiger partial charge in [0.15, 0.2) is 12.4 Å². The van der Waals surface area contributed by atoms with Crippen molar-refractivity contribution in [2.75, 3.05) is 6.61 Å². The fourth-order valence-corrected chi connectivity index (χ4v) is 3.38. The molecule has 0 unspecified atom stereocenters. The number of hydrogen-bond acceptors (Lipinski definition) is 4. The van der Waals surface area contributed by atoms with Crippen LogP contribution in [0.4, 0.5) is 4.39 Å². The van der Waals surface area contributed by atoms with E-state index in [1.165, 1.54) is 18.2 Å². The third-order valence-electron chi connectivity index (χ3n) is 4.79. The zero-order chi connectivity index (χ0) is 23.2. The SMILES string of the molecule is O=C(/C=C/c1cn(-c2ccccc2)nc1-c1ccc(F)cc1)OCC(=O)c1ccc(Br)cc1. The van der Waals surface area contributed by atoms with Gasteiger partial charge in [-0.1, -0.05) is 46.3 Å². The molecular weight excluding hydrogens is 487 g/mol. The van der Waals surface area contributed by atoms with Gasteiger partial charge in [0.25, 0.3) is 0 Å². The summed E-state index contributed by atoms with van der Waals surface area (Å²) in [5.41, 5.74) is 3.21. The highest BCUT2D eigenvalue weighted by atomic mass is 79.9. The molecule has 0 spiro atoms. The fourth-order valence-electron chi connectivity index (χ4n) is 3.12. The zero-order valence-corrected chi connectivity index (χ0v) is 18.9. The number of Topliss-reactive ketones (excluding diaryl/α,β-unsaturated/α-hetero) is 1. The Morgan fingerprint density at radius 2 is 1.67 bits per heavy atom. The molecule has 0 atom stereocenters. The summed E-state index contributed by atoms with van der Waals surface area (Å²) in [5, 5.41) is 4.61. The van der Waals surface area contributed by atoms with E-state index in [0.29, 0.717) is 22.4 Å². The van der Waals surface area contributed by atoms with Crippen molar-refractivity contribution in [3.8, 4) is 16.9 Å². The molecule has 0 fully saturated rings. The van der Waals surface area contributed by atoms with Crippen LogP contribution >= 0.6 is 15.9 Å². The Morgan fingerprint density at radius 1 is 0.970 bits per heavy atom. The summed E-state index contributed by atoms with van der Waals surface area (Å²) in [4.78, 5) is 24.4. The van der Waals surface area contributed by atoms with Crippen molar-refractivity contribution in [2.45, 2.75) is 0 Å². The summed E-state index contributed by atoms with van der Waals surface area (Å²) in [6.45, 7) is -0.362. The van der Waals surface area contributed by atoms with Crippen LogP contribution in [0.15, 0.2) is 95.6 Å². The first-order valence-corrected chi connectivity index (χ1v) is 10.8. The molecule has 0 aliphatic carbocycles. The smallest absolute Gasteiger partial charge is 0.331 e. The van der Waals surface area contributed by atoms with Crippen LogP contribution in [0.1, 0.15) is 15.9 Å². The molecule has 164 valence electrons. The first-order valence-electron chi connectivity index (χ1n) is 10.0. The third kappa shape index (κ3) is 5.70. The van der Waals surface area contributed by atoms with Gasteiger partial charge in [0.2, 0.25) is 0 Å². The average molecular weight is 505 g/mol. The number of ketones is 1. The molecule has 0 saturated heterocycles. The van der Waals surface area contributed by atoms with Gasteiger partial charge in [-0.3, -0.25) is 4.79 Å². The summed E-state index contributed by atoms with van der Waals surface area (Å²) in [6.07, 6.45) is 4.58. The van der Waals surface area contributed by atoms with Crippen molar-refractivity contribution >= 4 is 33.8 Å². The van der Waals surface area contributed by atoms with Crippen molar-refractivity contribution in [3.63, 3.8) is 0 Å². The molecule has 5 nitrogen and oxygen atoms in total. The number of benzene rings is 3. The molecule has 0 bridgehead atoms. The Hall–Kier alpha value is -3.84. The molecule has 4 rings (SSSR count). The van der Waals surface area contributed by atoms with Crippen LogP contribution in [0.5, 0.6) is 0 Å². The van der Waals surface area contributed by atoms with Gasteiger partial charge in [-0.25, -0.2) is 13.9 Å². The van der Waals surface area contributed by atoms with Crippen molar-refractivity contribution in [1.82, 2.24) is 9.78 Å². The van der Waals surface area contributed by atoms with Gasteiger partial charge in [0.05, 0.1) is 11.4 Å². The lowest BCUT2D eigenvalue weighted by Gasteiger charge is -2.02. The van der Waals surface area contributed by atoms with Crippen molar-refractivity contribution in [1.29, 1.82) is 0 Å². The fraction of sp³-hybridized carbons (Fsp3) is 0.0385. The van der Waals surface area contributed by atoms with E-state index in [1.54, 1.807) is 53.4 Å². The molecule has 7 heteroatoms. The number of aromatic nitrogens is 2. The van der Waals surface area contributed by atoms with Crippen LogP contribution in [-0.4, -0.2) is 28.1 Å². The van der Waals surface area contributed by atoms with E-state index in [2.05, 4.69) is 21.0 Å². The maximum absolute atomic E-state index is 13.4. The predicted octanol–water partition coefficient (Wildman–Crippen LogP) is 5.88.